The molecular formula is C17H18N2O2. The number of benzene rings is 2. The second-order valence-corrected chi connectivity index (χ2v) is 5.29. The molecule has 0 amide bonds. The van der Waals surface area contributed by atoms with Crippen molar-refractivity contribution in [3.63, 3.8) is 0 Å². The van der Waals surface area contributed by atoms with E-state index >= 15 is 0 Å². The van der Waals surface area contributed by atoms with Gasteiger partial charge in [-0.15, -0.1) is 0 Å². The van der Waals surface area contributed by atoms with E-state index in [9.17, 15) is 4.79 Å². The summed E-state index contributed by atoms with van der Waals surface area (Å²) in [6.45, 7) is 5.31. The van der Waals surface area contributed by atoms with E-state index < -0.39 is 0 Å². The summed E-state index contributed by atoms with van der Waals surface area (Å²) in [5.41, 5.74) is 4.88. The van der Waals surface area contributed by atoms with Gasteiger partial charge >= 0.3 is 5.76 Å². The lowest BCUT2D eigenvalue weighted by atomic mass is 10.2. The Bertz CT molecular complexity index is 830. The summed E-state index contributed by atoms with van der Waals surface area (Å²) in [4.78, 5) is 11.9. The third kappa shape index (κ3) is 2.84. The van der Waals surface area contributed by atoms with Crippen molar-refractivity contribution in [1.82, 2.24) is 4.57 Å². The van der Waals surface area contributed by atoms with Crippen molar-refractivity contribution < 1.29 is 4.42 Å². The topological polar surface area (TPSA) is 47.2 Å². The zero-order valence-electron chi connectivity index (χ0n) is 12.2. The predicted molar refractivity (Wildman–Crippen MR) is 84.9 cm³/mol. The highest BCUT2D eigenvalue weighted by Crippen LogP contribution is 2.15. The standard InChI is InChI=1S/C17H18N2O2/c1-12-4-3-5-14(10-12)18-8-9-19-15-11-13(2)6-7-16(15)21-17(19)20/h3-7,10-11,18H,8-9H2,1-2H3. The van der Waals surface area contributed by atoms with Gasteiger partial charge in [0.25, 0.3) is 0 Å². The number of nitrogens with one attached hydrogen (secondary N) is 1. The van der Waals surface area contributed by atoms with E-state index in [1.54, 1.807) is 4.57 Å². The molecule has 0 atom stereocenters. The van der Waals surface area contributed by atoms with Crippen molar-refractivity contribution in [2.75, 3.05) is 11.9 Å². The Labute approximate surface area is 123 Å². The molecular weight excluding hydrogens is 264 g/mol. The van der Waals surface area contributed by atoms with Crippen LogP contribution in [0.2, 0.25) is 0 Å². The zero-order chi connectivity index (χ0) is 14.8. The van der Waals surface area contributed by atoms with Crippen LogP contribution in [0.5, 0.6) is 0 Å². The number of hydrogen-bond acceptors (Lipinski definition) is 3. The van der Waals surface area contributed by atoms with Gasteiger partial charge in [0.15, 0.2) is 5.58 Å². The molecule has 0 aliphatic heterocycles. The van der Waals surface area contributed by atoms with Crippen LogP contribution in [0.3, 0.4) is 0 Å². The molecule has 3 aromatic rings. The Hall–Kier alpha value is -2.49. The van der Waals surface area contributed by atoms with Crippen LogP contribution in [0.15, 0.2) is 51.7 Å². The highest BCUT2D eigenvalue weighted by atomic mass is 16.4. The summed E-state index contributed by atoms with van der Waals surface area (Å²) in [6.07, 6.45) is 0. The maximum Gasteiger partial charge on any atom is 0.420 e. The van der Waals surface area contributed by atoms with Crippen LogP contribution in [0.25, 0.3) is 11.1 Å². The van der Waals surface area contributed by atoms with Crippen LogP contribution in [0, 0.1) is 13.8 Å². The van der Waals surface area contributed by atoms with Gasteiger partial charge in [-0.3, -0.25) is 4.57 Å². The number of oxazole rings is 1. The Morgan fingerprint density at radius 2 is 1.90 bits per heavy atom. The van der Waals surface area contributed by atoms with E-state index in [-0.39, 0.29) is 5.76 Å². The summed E-state index contributed by atoms with van der Waals surface area (Å²) in [7, 11) is 0. The number of aryl methyl sites for hydroxylation is 2. The monoisotopic (exact) mass is 282 g/mol. The molecule has 108 valence electrons. The molecule has 21 heavy (non-hydrogen) atoms. The van der Waals surface area contributed by atoms with Gasteiger partial charge in [-0.2, -0.15) is 0 Å². The molecule has 4 nitrogen and oxygen atoms in total. The van der Waals surface area contributed by atoms with E-state index in [4.69, 9.17) is 4.42 Å². The lowest BCUT2D eigenvalue weighted by Gasteiger charge is -2.07. The second-order valence-electron chi connectivity index (χ2n) is 5.29. The maximum absolute atomic E-state index is 11.9. The van der Waals surface area contributed by atoms with Crippen molar-refractivity contribution in [3.8, 4) is 0 Å². The SMILES string of the molecule is Cc1cccc(NCCn2c(=O)oc3ccc(C)cc32)c1. The molecule has 1 heterocycles. The first kappa shape index (κ1) is 13.5. The highest BCUT2D eigenvalue weighted by Gasteiger charge is 2.08. The first-order chi connectivity index (χ1) is 10.1. The number of fused-ring (bicyclic) bond motifs is 1. The van der Waals surface area contributed by atoms with Gasteiger partial charge in [0, 0.05) is 18.8 Å². The zero-order valence-corrected chi connectivity index (χ0v) is 12.2. The van der Waals surface area contributed by atoms with Gasteiger partial charge in [-0.05, 0) is 49.2 Å². The fraction of sp³-hybridized carbons (Fsp3) is 0.235. The van der Waals surface area contributed by atoms with Gasteiger partial charge in [-0.25, -0.2) is 4.79 Å². The first-order valence-corrected chi connectivity index (χ1v) is 7.04. The third-order valence-electron chi connectivity index (χ3n) is 3.51. The second kappa shape index (κ2) is 5.48. The molecule has 0 unspecified atom stereocenters. The fourth-order valence-corrected chi connectivity index (χ4v) is 2.45. The molecule has 0 fully saturated rings. The molecule has 0 saturated carbocycles. The fourth-order valence-electron chi connectivity index (χ4n) is 2.45. The van der Waals surface area contributed by atoms with E-state index in [1.165, 1.54) is 5.56 Å². The average Bonchev–Trinajstić information content (AvgIpc) is 2.75. The number of nitrogens with zero attached hydrogens (tertiary/aromatic N) is 1. The summed E-state index contributed by atoms with van der Waals surface area (Å²) in [6, 6.07) is 13.9. The highest BCUT2D eigenvalue weighted by molar-refractivity contribution is 5.73. The Balaban J connectivity index is 1.78. The molecule has 3 rings (SSSR count). The quantitative estimate of drug-likeness (QED) is 0.798. The Kier molecular flexibility index (Phi) is 3.52. The Morgan fingerprint density at radius 3 is 2.71 bits per heavy atom. The van der Waals surface area contributed by atoms with Crippen molar-refractivity contribution >= 4 is 16.8 Å². The third-order valence-corrected chi connectivity index (χ3v) is 3.51. The smallest absolute Gasteiger partial charge is 0.408 e. The first-order valence-electron chi connectivity index (χ1n) is 7.04. The number of aromatic nitrogens is 1. The van der Waals surface area contributed by atoms with E-state index in [2.05, 4.69) is 24.4 Å². The van der Waals surface area contributed by atoms with Crippen LogP contribution in [0.1, 0.15) is 11.1 Å². The maximum atomic E-state index is 11.9. The minimum absolute atomic E-state index is 0.304. The van der Waals surface area contributed by atoms with Crippen LogP contribution in [0.4, 0.5) is 5.69 Å². The van der Waals surface area contributed by atoms with Crippen LogP contribution in [-0.4, -0.2) is 11.1 Å². The lowest BCUT2D eigenvalue weighted by Crippen LogP contribution is -2.19. The summed E-state index contributed by atoms with van der Waals surface area (Å²) >= 11 is 0. The molecule has 0 spiro atoms. The van der Waals surface area contributed by atoms with Gasteiger partial charge in [0.1, 0.15) is 0 Å². The molecule has 4 heteroatoms. The van der Waals surface area contributed by atoms with E-state index in [1.807, 2.05) is 37.3 Å². The molecule has 2 aromatic carbocycles. The van der Waals surface area contributed by atoms with Gasteiger partial charge in [-0.1, -0.05) is 18.2 Å². The molecule has 1 aromatic heterocycles. The Morgan fingerprint density at radius 1 is 1.10 bits per heavy atom. The van der Waals surface area contributed by atoms with E-state index in [0.29, 0.717) is 18.7 Å². The van der Waals surface area contributed by atoms with E-state index in [0.717, 1.165) is 16.8 Å². The van der Waals surface area contributed by atoms with Crippen molar-refractivity contribution in [1.29, 1.82) is 0 Å². The largest absolute Gasteiger partial charge is 0.420 e. The summed E-state index contributed by atoms with van der Waals surface area (Å²) in [5, 5.41) is 3.33. The lowest BCUT2D eigenvalue weighted by molar-refractivity contribution is 0.510. The molecule has 0 bridgehead atoms. The molecule has 1 N–H and O–H groups in total. The minimum atomic E-state index is -0.304. The van der Waals surface area contributed by atoms with Gasteiger partial charge in [0.05, 0.1) is 5.52 Å². The number of anilines is 1. The number of rotatable bonds is 4. The van der Waals surface area contributed by atoms with Crippen molar-refractivity contribution in [2.24, 2.45) is 0 Å². The van der Waals surface area contributed by atoms with Crippen LogP contribution >= 0.6 is 0 Å². The molecule has 0 saturated heterocycles. The molecule has 0 aliphatic carbocycles. The average molecular weight is 282 g/mol. The molecule has 0 radical (unpaired) electrons. The number of hydrogen-bond donors (Lipinski definition) is 1. The van der Waals surface area contributed by atoms with Crippen molar-refractivity contribution in [3.05, 3.63) is 64.1 Å². The van der Waals surface area contributed by atoms with Gasteiger partial charge in [0.2, 0.25) is 0 Å². The summed E-state index contributed by atoms with van der Waals surface area (Å²) in [5.74, 6) is -0.304. The van der Waals surface area contributed by atoms with Crippen LogP contribution < -0.4 is 11.1 Å². The predicted octanol–water partition coefficient (Wildman–Crippen LogP) is 3.32. The van der Waals surface area contributed by atoms with Gasteiger partial charge < -0.3 is 9.73 Å². The molecule has 0 aliphatic rings. The van der Waals surface area contributed by atoms with Crippen LogP contribution in [-0.2, 0) is 6.54 Å². The van der Waals surface area contributed by atoms with Crippen molar-refractivity contribution in [2.45, 2.75) is 20.4 Å². The minimum Gasteiger partial charge on any atom is -0.408 e. The normalized spacial score (nSPS) is 11.0. The summed E-state index contributed by atoms with van der Waals surface area (Å²) < 4.78 is 6.93.